The molecule has 1 unspecified atom stereocenters. The number of nitrogens with two attached hydrogens (primary N) is 1. The Labute approximate surface area is 162 Å². The molecule has 2 aromatic rings. The normalized spacial score (nSPS) is 19.8. The van der Waals surface area contributed by atoms with Gasteiger partial charge in [0.2, 0.25) is 0 Å². The van der Waals surface area contributed by atoms with E-state index in [1.165, 1.54) is 10.5 Å². The van der Waals surface area contributed by atoms with Gasteiger partial charge >= 0.3 is 5.97 Å². The molecule has 0 bridgehead atoms. The number of aromatic nitrogens is 1. The number of hydrogen-bond acceptors (Lipinski definition) is 4. The van der Waals surface area contributed by atoms with Crippen molar-refractivity contribution in [1.29, 1.82) is 0 Å². The predicted octanol–water partition coefficient (Wildman–Crippen LogP) is 2.67. The first kappa shape index (κ1) is 19.6. The van der Waals surface area contributed by atoms with E-state index in [1.807, 2.05) is 4.90 Å². The molecule has 3 heterocycles. The zero-order chi connectivity index (χ0) is 18.6. The minimum Gasteiger partial charge on any atom is -0.477 e. The number of aryl methyl sites for hydroxylation is 1. The minimum absolute atomic E-state index is 0. The lowest BCUT2D eigenvalue weighted by Crippen LogP contribution is -2.43. The first-order valence-electron chi connectivity index (χ1n) is 9.00. The molecular formula is C19H23ClFN3O3. The number of anilines is 1. The predicted molar refractivity (Wildman–Crippen MR) is 104 cm³/mol. The summed E-state index contributed by atoms with van der Waals surface area (Å²) in [5.41, 5.74) is 7.66. The van der Waals surface area contributed by atoms with Crippen molar-refractivity contribution in [3.8, 4) is 0 Å². The van der Waals surface area contributed by atoms with Gasteiger partial charge in [-0.1, -0.05) is 0 Å². The van der Waals surface area contributed by atoms with Gasteiger partial charge in [0, 0.05) is 19.1 Å². The van der Waals surface area contributed by atoms with E-state index in [-0.39, 0.29) is 29.9 Å². The highest BCUT2D eigenvalue weighted by atomic mass is 35.5. The van der Waals surface area contributed by atoms with Gasteiger partial charge in [-0.3, -0.25) is 9.20 Å². The molecule has 1 aliphatic heterocycles. The number of rotatable bonds is 3. The quantitative estimate of drug-likeness (QED) is 0.834. The van der Waals surface area contributed by atoms with Crippen LogP contribution in [0.4, 0.5) is 10.1 Å². The van der Waals surface area contributed by atoms with Gasteiger partial charge in [-0.2, -0.15) is 0 Å². The monoisotopic (exact) mass is 395 g/mol. The molecule has 146 valence electrons. The third-order valence-electron chi connectivity index (χ3n) is 5.46. The second kappa shape index (κ2) is 7.13. The third-order valence-corrected chi connectivity index (χ3v) is 5.46. The van der Waals surface area contributed by atoms with Gasteiger partial charge in [0.1, 0.15) is 5.56 Å². The van der Waals surface area contributed by atoms with Crippen molar-refractivity contribution in [2.75, 3.05) is 18.0 Å². The Morgan fingerprint density at radius 2 is 2.04 bits per heavy atom. The summed E-state index contributed by atoms with van der Waals surface area (Å²) in [6.45, 7) is 3.10. The molecule has 1 aliphatic carbocycles. The van der Waals surface area contributed by atoms with Crippen molar-refractivity contribution in [3.63, 3.8) is 0 Å². The lowest BCUT2D eigenvalue weighted by molar-refractivity contribution is 0.0694. The highest BCUT2D eigenvalue weighted by Crippen LogP contribution is 2.44. The zero-order valence-electron chi connectivity index (χ0n) is 15.1. The second-order valence-electron chi connectivity index (χ2n) is 7.42. The van der Waals surface area contributed by atoms with Crippen LogP contribution in [0, 0.1) is 12.7 Å². The molecule has 2 aromatic heterocycles. The summed E-state index contributed by atoms with van der Waals surface area (Å²) in [6.07, 6.45) is 4.85. The van der Waals surface area contributed by atoms with Gasteiger partial charge in [-0.05, 0) is 55.7 Å². The first-order valence-corrected chi connectivity index (χ1v) is 9.00. The van der Waals surface area contributed by atoms with Crippen LogP contribution in [-0.4, -0.2) is 34.6 Å². The maximum absolute atomic E-state index is 15.0. The van der Waals surface area contributed by atoms with Gasteiger partial charge in [-0.25, -0.2) is 9.18 Å². The van der Waals surface area contributed by atoms with Crippen LogP contribution >= 0.6 is 12.4 Å². The van der Waals surface area contributed by atoms with Gasteiger partial charge in [-0.15, -0.1) is 12.4 Å². The standard InChI is InChI=1S/C19H22FN3O3.ClH/c1-10-16-13(11-4-5-11)7-14(19(25)26)18(24)23(16)9-15(20)17(10)22-6-2-3-12(21)8-22;/h7,9,11-12H,2-6,8,21H2,1H3,(H,25,26);1H. The smallest absolute Gasteiger partial charge is 0.341 e. The summed E-state index contributed by atoms with van der Waals surface area (Å²) in [7, 11) is 0. The van der Waals surface area contributed by atoms with Crippen molar-refractivity contribution in [2.24, 2.45) is 5.73 Å². The van der Waals surface area contributed by atoms with Crippen molar-refractivity contribution in [2.45, 2.75) is 44.6 Å². The molecule has 1 saturated carbocycles. The van der Waals surface area contributed by atoms with Crippen LogP contribution in [0.25, 0.3) is 5.52 Å². The molecule has 6 nitrogen and oxygen atoms in total. The average Bonchev–Trinajstić information content (AvgIpc) is 3.40. The molecule has 8 heteroatoms. The van der Waals surface area contributed by atoms with Gasteiger partial charge in [0.05, 0.1) is 17.4 Å². The SMILES string of the molecule is Cc1c(N2CCCC(N)C2)c(F)cn2c(=O)c(C(=O)O)cc(C3CC3)c12.Cl. The summed E-state index contributed by atoms with van der Waals surface area (Å²) in [4.78, 5) is 26.0. The van der Waals surface area contributed by atoms with Crippen LogP contribution < -0.4 is 16.2 Å². The van der Waals surface area contributed by atoms with E-state index in [9.17, 15) is 19.1 Å². The largest absolute Gasteiger partial charge is 0.477 e. The van der Waals surface area contributed by atoms with Crippen molar-refractivity contribution in [3.05, 3.63) is 45.1 Å². The fraction of sp³-hybridized carbons (Fsp3) is 0.474. The molecule has 0 aromatic carbocycles. The minimum atomic E-state index is -1.28. The van der Waals surface area contributed by atoms with Crippen molar-refractivity contribution >= 4 is 29.6 Å². The molecule has 2 fully saturated rings. The van der Waals surface area contributed by atoms with Crippen LogP contribution in [0.15, 0.2) is 17.1 Å². The number of carboxylic acids is 1. The Morgan fingerprint density at radius 3 is 2.63 bits per heavy atom. The number of halogens is 2. The third kappa shape index (κ3) is 3.30. The summed E-state index contributed by atoms with van der Waals surface area (Å²) in [5, 5.41) is 9.35. The fourth-order valence-corrected chi connectivity index (χ4v) is 4.10. The van der Waals surface area contributed by atoms with Crippen LogP contribution in [0.3, 0.4) is 0 Å². The number of piperidine rings is 1. The number of carboxylic acid groups (broad SMARTS) is 1. The maximum atomic E-state index is 15.0. The zero-order valence-corrected chi connectivity index (χ0v) is 15.9. The summed E-state index contributed by atoms with van der Waals surface area (Å²) < 4.78 is 16.1. The summed E-state index contributed by atoms with van der Waals surface area (Å²) in [5.74, 6) is -1.57. The lowest BCUT2D eigenvalue weighted by Gasteiger charge is -2.34. The van der Waals surface area contributed by atoms with E-state index in [1.54, 1.807) is 6.92 Å². The number of fused-ring (bicyclic) bond motifs is 1. The van der Waals surface area contributed by atoms with Gasteiger partial charge in [0.25, 0.3) is 5.56 Å². The fourth-order valence-electron chi connectivity index (χ4n) is 4.10. The summed E-state index contributed by atoms with van der Waals surface area (Å²) in [6, 6.07) is 1.48. The van der Waals surface area contributed by atoms with E-state index in [4.69, 9.17) is 5.73 Å². The van der Waals surface area contributed by atoms with Crippen molar-refractivity contribution in [1.82, 2.24) is 4.40 Å². The molecule has 27 heavy (non-hydrogen) atoms. The van der Waals surface area contributed by atoms with Crippen molar-refractivity contribution < 1.29 is 14.3 Å². The molecule has 2 aliphatic rings. The number of aromatic carboxylic acids is 1. The number of carbonyl (C=O) groups is 1. The Kier molecular flexibility index (Phi) is 5.18. The molecule has 1 atom stereocenters. The van der Waals surface area contributed by atoms with Crippen LogP contribution in [0.2, 0.25) is 0 Å². The van der Waals surface area contributed by atoms with Gasteiger partial charge in [0.15, 0.2) is 5.82 Å². The van der Waals surface area contributed by atoms with E-state index < -0.39 is 17.3 Å². The maximum Gasteiger partial charge on any atom is 0.341 e. The Morgan fingerprint density at radius 1 is 1.33 bits per heavy atom. The Bertz CT molecular complexity index is 971. The molecule has 1 saturated heterocycles. The van der Waals surface area contributed by atoms with Crippen LogP contribution in [0.1, 0.15) is 53.1 Å². The lowest BCUT2D eigenvalue weighted by atomic mass is 10.00. The van der Waals surface area contributed by atoms with E-state index in [0.717, 1.165) is 44.0 Å². The molecule has 4 rings (SSSR count). The number of nitrogens with zero attached hydrogens (tertiary/aromatic N) is 2. The van der Waals surface area contributed by atoms with Crippen LogP contribution in [-0.2, 0) is 0 Å². The molecule has 0 amide bonds. The number of pyridine rings is 2. The highest BCUT2D eigenvalue weighted by Gasteiger charge is 2.31. The molecule has 3 N–H and O–H groups in total. The summed E-state index contributed by atoms with van der Waals surface area (Å²) >= 11 is 0. The highest BCUT2D eigenvalue weighted by molar-refractivity contribution is 5.89. The number of hydrogen-bond donors (Lipinski definition) is 2. The van der Waals surface area contributed by atoms with Crippen LogP contribution in [0.5, 0.6) is 0 Å². The molecule has 0 spiro atoms. The molecular weight excluding hydrogens is 373 g/mol. The first-order chi connectivity index (χ1) is 12.4. The van der Waals surface area contributed by atoms with Gasteiger partial charge < -0.3 is 15.7 Å². The molecule has 0 radical (unpaired) electrons. The Hall–Kier alpha value is -2.12. The Balaban J connectivity index is 0.00000210. The second-order valence-corrected chi connectivity index (χ2v) is 7.42. The van der Waals surface area contributed by atoms with E-state index in [0.29, 0.717) is 23.3 Å². The average molecular weight is 396 g/mol. The van der Waals surface area contributed by atoms with E-state index >= 15 is 0 Å². The van der Waals surface area contributed by atoms with E-state index in [2.05, 4.69) is 0 Å². The topological polar surface area (TPSA) is 88.0 Å².